The largest absolute Gasteiger partial charge is 0.351 e. The van der Waals surface area contributed by atoms with Crippen LogP contribution in [-0.2, 0) is 0 Å². The third-order valence-corrected chi connectivity index (χ3v) is 2.27. The first kappa shape index (κ1) is 10.2. The first-order valence-electron chi connectivity index (χ1n) is 4.77. The Morgan fingerprint density at radius 3 is 2.38 bits per heavy atom. The van der Waals surface area contributed by atoms with Crippen LogP contribution in [0.3, 0.4) is 0 Å². The Morgan fingerprint density at radius 1 is 1.06 bits per heavy atom. The van der Waals surface area contributed by atoms with Gasteiger partial charge in [-0.1, -0.05) is 30.3 Å². The monoisotopic (exact) mass is 214 g/mol. The Kier molecular flexibility index (Phi) is 2.55. The molecule has 0 radical (unpaired) electrons. The van der Waals surface area contributed by atoms with E-state index < -0.39 is 11.6 Å². The van der Waals surface area contributed by atoms with Crippen LogP contribution >= 0.6 is 0 Å². The van der Waals surface area contributed by atoms with Crippen LogP contribution in [0.25, 0.3) is 11.1 Å². The van der Waals surface area contributed by atoms with Crippen molar-refractivity contribution < 1.29 is 4.79 Å². The van der Waals surface area contributed by atoms with E-state index in [0.29, 0.717) is 5.56 Å². The molecule has 0 saturated heterocycles. The van der Waals surface area contributed by atoms with Crippen molar-refractivity contribution in [1.29, 1.82) is 0 Å². The molecule has 0 aliphatic rings. The van der Waals surface area contributed by atoms with Crippen molar-refractivity contribution in [3.05, 3.63) is 59.0 Å². The summed E-state index contributed by atoms with van der Waals surface area (Å²) in [5, 5.41) is 0. The van der Waals surface area contributed by atoms with E-state index in [1.54, 1.807) is 12.1 Å². The Hall–Kier alpha value is -2.36. The van der Waals surface area contributed by atoms with Gasteiger partial charge in [0.2, 0.25) is 0 Å². The summed E-state index contributed by atoms with van der Waals surface area (Å²) in [7, 11) is 0. The van der Waals surface area contributed by atoms with Crippen LogP contribution in [0.15, 0.2) is 53.5 Å². The van der Waals surface area contributed by atoms with Gasteiger partial charge in [-0.2, -0.15) is 0 Å². The molecule has 80 valence electrons. The molecule has 2 rings (SSSR count). The van der Waals surface area contributed by atoms with E-state index in [2.05, 4.69) is 0 Å². The van der Waals surface area contributed by atoms with Crippen molar-refractivity contribution in [2.24, 2.45) is 5.73 Å². The number of amides is 1. The molecule has 0 saturated carbocycles. The average Bonchev–Trinajstić information content (AvgIpc) is 2.30. The zero-order valence-electron chi connectivity index (χ0n) is 8.46. The van der Waals surface area contributed by atoms with Gasteiger partial charge in [-0.3, -0.25) is 4.79 Å². The highest BCUT2D eigenvalue weighted by Gasteiger charge is 2.07. The first-order valence-corrected chi connectivity index (χ1v) is 4.77. The second-order valence-electron chi connectivity index (χ2n) is 3.30. The molecule has 0 bridgehead atoms. The number of hydrogen-bond acceptors (Lipinski definition) is 2. The number of rotatable bonds is 1. The lowest BCUT2D eigenvalue weighted by Gasteiger charge is -2.03. The van der Waals surface area contributed by atoms with E-state index in [1.165, 1.54) is 6.20 Å². The normalized spacial score (nSPS) is 10.0. The molecular formula is C12H10N2O2. The summed E-state index contributed by atoms with van der Waals surface area (Å²) < 4.78 is 0.891. The summed E-state index contributed by atoms with van der Waals surface area (Å²) in [5.74, 6) is 0. The molecule has 1 aromatic carbocycles. The van der Waals surface area contributed by atoms with Crippen molar-refractivity contribution in [2.45, 2.75) is 0 Å². The number of primary amides is 1. The molecule has 4 nitrogen and oxygen atoms in total. The molecule has 0 atom stereocenters. The standard InChI is InChI=1S/C12H10N2O2/c13-12(16)14-8-4-7-10(11(14)15)9-5-2-1-3-6-9/h1-8H,(H2,13,16). The number of aromatic nitrogens is 1. The van der Waals surface area contributed by atoms with Gasteiger partial charge in [-0.15, -0.1) is 0 Å². The molecule has 2 N–H and O–H groups in total. The second kappa shape index (κ2) is 4.02. The number of carbonyl (C=O) groups excluding carboxylic acids is 1. The summed E-state index contributed by atoms with van der Waals surface area (Å²) in [4.78, 5) is 22.9. The number of nitrogens with two attached hydrogens (primary N) is 1. The summed E-state index contributed by atoms with van der Waals surface area (Å²) in [6.45, 7) is 0. The summed E-state index contributed by atoms with van der Waals surface area (Å²) in [6.07, 6.45) is 1.36. The topological polar surface area (TPSA) is 65.1 Å². The lowest BCUT2D eigenvalue weighted by Crippen LogP contribution is -2.31. The average molecular weight is 214 g/mol. The predicted molar refractivity (Wildman–Crippen MR) is 61.1 cm³/mol. The minimum atomic E-state index is -0.775. The third kappa shape index (κ3) is 1.72. The lowest BCUT2D eigenvalue weighted by atomic mass is 10.1. The van der Waals surface area contributed by atoms with Gasteiger partial charge in [0.05, 0.1) is 0 Å². The van der Waals surface area contributed by atoms with Crippen LogP contribution in [0.4, 0.5) is 4.79 Å². The highest BCUT2D eigenvalue weighted by atomic mass is 16.2. The zero-order chi connectivity index (χ0) is 11.5. The van der Waals surface area contributed by atoms with E-state index in [1.807, 2.05) is 30.3 Å². The van der Waals surface area contributed by atoms with Gasteiger partial charge in [0.25, 0.3) is 5.56 Å². The molecule has 1 amide bonds. The molecule has 0 fully saturated rings. The van der Waals surface area contributed by atoms with Gasteiger partial charge in [-0.25, -0.2) is 9.36 Å². The summed E-state index contributed by atoms with van der Waals surface area (Å²) >= 11 is 0. The molecule has 1 aromatic heterocycles. The second-order valence-corrected chi connectivity index (χ2v) is 3.30. The van der Waals surface area contributed by atoms with E-state index in [9.17, 15) is 9.59 Å². The summed E-state index contributed by atoms with van der Waals surface area (Å²) in [6, 6.07) is 11.6. The van der Waals surface area contributed by atoms with Crippen molar-refractivity contribution in [3.63, 3.8) is 0 Å². The van der Waals surface area contributed by atoms with E-state index >= 15 is 0 Å². The number of nitrogens with zero attached hydrogens (tertiary/aromatic N) is 1. The van der Waals surface area contributed by atoms with Crippen LogP contribution in [0.2, 0.25) is 0 Å². The Balaban J connectivity index is 2.64. The number of carbonyl (C=O) groups is 1. The highest BCUT2D eigenvalue weighted by molar-refractivity contribution is 5.76. The van der Waals surface area contributed by atoms with Crippen LogP contribution in [0.5, 0.6) is 0 Å². The van der Waals surface area contributed by atoms with Gasteiger partial charge in [0.15, 0.2) is 0 Å². The van der Waals surface area contributed by atoms with E-state index in [4.69, 9.17) is 5.73 Å². The van der Waals surface area contributed by atoms with E-state index in [0.717, 1.165) is 10.1 Å². The first-order chi connectivity index (χ1) is 7.70. The van der Waals surface area contributed by atoms with Crippen molar-refractivity contribution in [2.75, 3.05) is 0 Å². The van der Waals surface area contributed by atoms with Crippen molar-refractivity contribution in [1.82, 2.24) is 4.57 Å². The van der Waals surface area contributed by atoms with Gasteiger partial charge in [0, 0.05) is 11.8 Å². The SMILES string of the molecule is NC(=O)n1cccc(-c2ccccc2)c1=O. The minimum Gasteiger partial charge on any atom is -0.351 e. The van der Waals surface area contributed by atoms with Gasteiger partial charge in [0.1, 0.15) is 0 Å². The van der Waals surface area contributed by atoms with Gasteiger partial charge in [-0.05, 0) is 17.7 Å². The Bertz CT molecular complexity index is 573. The smallest absolute Gasteiger partial charge is 0.325 e. The predicted octanol–water partition coefficient (Wildman–Crippen LogP) is 1.44. The fourth-order valence-corrected chi connectivity index (χ4v) is 1.51. The molecule has 4 heteroatoms. The highest BCUT2D eigenvalue weighted by Crippen LogP contribution is 2.13. The van der Waals surface area contributed by atoms with Crippen LogP contribution in [0, 0.1) is 0 Å². The molecule has 0 aliphatic carbocycles. The number of hydrogen-bond donors (Lipinski definition) is 1. The molecule has 0 aliphatic heterocycles. The quantitative estimate of drug-likeness (QED) is 0.780. The molecule has 1 heterocycles. The molecule has 2 aromatic rings. The van der Waals surface area contributed by atoms with Crippen LogP contribution in [0.1, 0.15) is 0 Å². The molecular weight excluding hydrogens is 204 g/mol. The van der Waals surface area contributed by atoms with Crippen LogP contribution in [-0.4, -0.2) is 10.6 Å². The van der Waals surface area contributed by atoms with Gasteiger partial charge < -0.3 is 5.73 Å². The maximum absolute atomic E-state index is 11.9. The minimum absolute atomic E-state index is 0.402. The van der Waals surface area contributed by atoms with Gasteiger partial charge >= 0.3 is 6.03 Å². The maximum Gasteiger partial charge on any atom is 0.325 e. The van der Waals surface area contributed by atoms with Crippen LogP contribution < -0.4 is 11.3 Å². The zero-order valence-corrected chi connectivity index (χ0v) is 8.46. The van der Waals surface area contributed by atoms with E-state index in [-0.39, 0.29) is 0 Å². The number of pyridine rings is 1. The molecule has 0 spiro atoms. The Labute approximate surface area is 91.9 Å². The molecule has 0 unspecified atom stereocenters. The number of benzene rings is 1. The maximum atomic E-state index is 11.9. The Morgan fingerprint density at radius 2 is 1.75 bits per heavy atom. The van der Waals surface area contributed by atoms with Crippen molar-refractivity contribution in [3.8, 4) is 11.1 Å². The lowest BCUT2D eigenvalue weighted by molar-refractivity contribution is 0.249. The van der Waals surface area contributed by atoms with Crippen molar-refractivity contribution >= 4 is 6.03 Å². The molecule has 16 heavy (non-hydrogen) atoms. The fraction of sp³-hybridized carbons (Fsp3) is 0. The third-order valence-electron chi connectivity index (χ3n) is 2.27. The summed E-state index contributed by atoms with van der Waals surface area (Å²) in [5.41, 5.74) is 5.91. The fourth-order valence-electron chi connectivity index (χ4n) is 1.51.